The minimum atomic E-state index is -0.425. The third kappa shape index (κ3) is 4.29. The highest BCUT2D eigenvalue weighted by atomic mass is 16.6. The Hall–Kier alpha value is -1.69. The molecule has 6 heteroatoms. The summed E-state index contributed by atoms with van der Waals surface area (Å²) in [4.78, 5) is 14.2. The van der Waals surface area contributed by atoms with E-state index in [-0.39, 0.29) is 5.69 Å². The number of rotatable bonds is 8. The van der Waals surface area contributed by atoms with Crippen molar-refractivity contribution in [2.24, 2.45) is 5.92 Å². The van der Waals surface area contributed by atoms with Crippen LogP contribution in [-0.4, -0.2) is 29.7 Å². The van der Waals surface area contributed by atoms with Crippen molar-refractivity contribution in [3.05, 3.63) is 28.4 Å². The molecule has 0 unspecified atom stereocenters. The zero-order chi connectivity index (χ0) is 12.8. The van der Waals surface area contributed by atoms with E-state index >= 15 is 0 Å². The quantitative estimate of drug-likeness (QED) is 0.435. The Morgan fingerprint density at radius 3 is 3.11 bits per heavy atom. The molecule has 0 atom stereocenters. The zero-order valence-corrected chi connectivity index (χ0v) is 10.2. The molecular formula is C12H17N3O3. The number of nitro groups is 1. The molecule has 18 heavy (non-hydrogen) atoms. The summed E-state index contributed by atoms with van der Waals surface area (Å²) in [6.45, 7) is 2.30. The van der Waals surface area contributed by atoms with Crippen LogP contribution >= 0.6 is 0 Å². The number of ether oxygens (including phenoxy) is 1. The third-order valence-corrected chi connectivity index (χ3v) is 2.78. The standard InChI is InChI=1S/C12H17N3O3/c16-15(17)11-4-6-14-12(8-11)13-5-1-7-18-9-10-2-3-10/h4,6,8,10H,1-3,5,7,9H2,(H,13,14). The highest BCUT2D eigenvalue weighted by Gasteiger charge is 2.20. The van der Waals surface area contributed by atoms with Crippen molar-refractivity contribution in [3.63, 3.8) is 0 Å². The molecule has 1 N–H and O–H groups in total. The van der Waals surface area contributed by atoms with Crippen molar-refractivity contribution in [1.82, 2.24) is 4.98 Å². The zero-order valence-electron chi connectivity index (χ0n) is 10.2. The van der Waals surface area contributed by atoms with E-state index in [2.05, 4.69) is 10.3 Å². The van der Waals surface area contributed by atoms with Crippen LogP contribution in [-0.2, 0) is 4.74 Å². The average Bonchev–Trinajstić information content (AvgIpc) is 3.18. The van der Waals surface area contributed by atoms with Crippen molar-refractivity contribution < 1.29 is 9.66 Å². The number of hydrogen-bond donors (Lipinski definition) is 1. The van der Waals surface area contributed by atoms with Gasteiger partial charge in [0.2, 0.25) is 0 Å². The highest BCUT2D eigenvalue weighted by Crippen LogP contribution is 2.28. The molecule has 2 rings (SSSR count). The summed E-state index contributed by atoms with van der Waals surface area (Å²) in [7, 11) is 0. The SMILES string of the molecule is O=[N+]([O-])c1ccnc(NCCCOCC2CC2)c1. The molecular weight excluding hydrogens is 234 g/mol. The normalized spacial score (nSPS) is 14.4. The molecule has 1 heterocycles. The Morgan fingerprint density at radius 1 is 1.56 bits per heavy atom. The summed E-state index contributed by atoms with van der Waals surface area (Å²) in [5, 5.41) is 13.6. The molecule has 0 spiro atoms. The van der Waals surface area contributed by atoms with Gasteiger partial charge in [-0.15, -0.1) is 0 Å². The van der Waals surface area contributed by atoms with E-state index < -0.39 is 4.92 Å². The molecule has 6 nitrogen and oxygen atoms in total. The van der Waals surface area contributed by atoms with Gasteiger partial charge in [-0.1, -0.05) is 0 Å². The lowest BCUT2D eigenvalue weighted by molar-refractivity contribution is -0.384. The first-order valence-electron chi connectivity index (χ1n) is 6.18. The number of nitrogens with zero attached hydrogens (tertiary/aromatic N) is 2. The van der Waals surface area contributed by atoms with Gasteiger partial charge in [0, 0.05) is 32.0 Å². The van der Waals surface area contributed by atoms with Crippen molar-refractivity contribution >= 4 is 11.5 Å². The van der Waals surface area contributed by atoms with E-state index in [0.29, 0.717) is 12.4 Å². The molecule has 1 aromatic rings. The van der Waals surface area contributed by atoms with Crippen LogP contribution in [0.15, 0.2) is 18.3 Å². The fourth-order valence-corrected chi connectivity index (χ4v) is 1.55. The van der Waals surface area contributed by atoms with Gasteiger partial charge < -0.3 is 10.1 Å². The predicted molar refractivity (Wildman–Crippen MR) is 67.5 cm³/mol. The molecule has 1 aliphatic rings. The Balaban J connectivity index is 1.62. The third-order valence-electron chi connectivity index (χ3n) is 2.78. The molecule has 0 aliphatic heterocycles. The Labute approximate surface area is 106 Å². The van der Waals surface area contributed by atoms with E-state index in [4.69, 9.17) is 4.74 Å². The van der Waals surface area contributed by atoms with Gasteiger partial charge in [-0.2, -0.15) is 0 Å². The van der Waals surface area contributed by atoms with E-state index in [1.54, 1.807) is 0 Å². The monoisotopic (exact) mass is 251 g/mol. The second-order valence-electron chi connectivity index (χ2n) is 4.46. The first-order valence-corrected chi connectivity index (χ1v) is 6.18. The van der Waals surface area contributed by atoms with Crippen molar-refractivity contribution in [2.45, 2.75) is 19.3 Å². The van der Waals surface area contributed by atoms with Gasteiger partial charge in [0.1, 0.15) is 5.82 Å². The van der Waals surface area contributed by atoms with Gasteiger partial charge >= 0.3 is 0 Å². The van der Waals surface area contributed by atoms with E-state index in [1.165, 1.54) is 31.2 Å². The van der Waals surface area contributed by atoms with Gasteiger partial charge in [-0.25, -0.2) is 4.98 Å². The number of aromatic nitrogens is 1. The van der Waals surface area contributed by atoms with Crippen LogP contribution < -0.4 is 5.32 Å². The second-order valence-corrected chi connectivity index (χ2v) is 4.46. The minimum Gasteiger partial charge on any atom is -0.381 e. The molecule has 0 saturated heterocycles. The Kier molecular flexibility index (Phi) is 4.46. The predicted octanol–water partition coefficient (Wildman–Crippen LogP) is 2.22. The molecule has 0 aromatic carbocycles. The van der Waals surface area contributed by atoms with E-state index in [1.807, 2.05) is 0 Å². The number of hydrogen-bond acceptors (Lipinski definition) is 5. The fourth-order valence-electron chi connectivity index (χ4n) is 1.55. The van der Waals surface area contributed by atoms with Crippen LogP contribution in [0, 0.1) is 16.0 Å². The summed E-state index contributed by atoms with van der Waals surface area (Å²) in [6.07, 6.45) is 4.91. The van der Waals surface area contributed by atoms with Crippen molar-refractivity contribution in [1.29, 1.82) is 0 Å². The van der Waals surface area contributed by atoms with Crippen LogP contribution in [0.25, 0.3) is 0 Å². The van der Waals surface area contributed by atoms with Crippen LogP contribution in [0.2, 0.25) is 0 Å². The van der Waals surface area contributed by atoms with Crippen LogP contribution in [0.4, 0.5) is 11.5 Å². The molecule has 0 radical (unpaired) electrons. The largest absolute Gasteiger partial charge is 0.381 e. The van der Waals surface area contributed by atoms with Crippen LogP contribution in [0.3, 0.4) is 0 Å². The van der Waals surface area contributed by atoms with E-state index in [9.17, 15) is 10.1 Å². The highest BCUT2D eigenvalue weighted by molar-refractivity contribution is 5.43. The van der Waals surface area contributed by atoms with Gasteiger partial charge in [-0.05, 0) is 25.2 Å². The molecule has 1 aromatic heterocycles. The summed E-state index contributed by atoms with van der Waals surface area (Å²) in [6, 6.07) is 2.81. The lowest BCUT2D eigenvalue weighted by Gasteiger charge is -2.05. The maximum Gasteiger partial charge on any atom is 0.274 e. The maximum atomic E-state index is 10.6. The average molecular weight is 251 g/mol. The summed E-state index contributed by atoms with van der Waals surface area (Å²) in [5.74, 6) is 1.32. The smallest absolute Gasteiger partial charge is 0.274 e. The number of anilines is 1. The molecule has 1 fully saturated rings. The molecule has 0 bridgehead atoms. The second kappa shape index (κ2) is 6.30. The molecule has 1 saturated carbocycles. The maximum absolute atomic E-state index is 10.6. The minimum absolute atomic E-state index is 0.0532. The number of pyridine rings is 1. The van der Waals surface area contributed by atoms with Gasteiger partial charge in [0.15, 0.2) is 0 Å². The van der Waals surface area contributed by atoms with Crippen LogP contribution in [0.5, 0.6) is 0 Å². The molecule has 0 amide bonds. The Morgan fingerprint density at radius 2 is 2.39 bits per heavy atom. The first kappa shape index (κ1) is 12.8. The summed E-state index contributed by atoms with van der Waals surface area (Å²) >= 11 is 0. The summed E-state index contributed by atoms with van der Waals surface area (Å²) in [5.41, 5.74) is 0.0532. The summed E-state index contributed by atoms with van der Waals surface area (Å²) < 4.78 is 5.49. The number of nitrogens with one attached hydrogen (secondary N) is 1. The molecule has 98 valence electrons. The van der Waals surface area contributed by atoms with Gasteiger partial charge in [-0.3, -0.25) is 10.1 Å². The van der Waals surface area contributed by atoms with Crippen molar-refractivity contribution in [2.75, 3.05) is 25.1 Å². The lowest BCUT2D eigenvalue weighted by atomic mass is 10.4. The molecule has 1 aliphatic carbocycles. The van der Waals surface area contributed by atoms with Gasteiger partial charge in [0.25, 0.3) is 5.69 Å². The van der Waals surface area contributed by atoms with Gasteiger partial charge in [0.05, 0.1) is 11.0 Å². The van der Waals surface area contributed by atoms with Crippen LogP contribution in [0.1, 0.15) is 19.3 Å². The van der Waals surface area contributed by atoms with E-state index in [0.717, 1.165) is 25.6 Å². The fraction of sp³-hybridized carbons (Fsp3) is 0.583. The lowest BCUT2D eigenvalue weighted by Crippen LogP contribution is -2.08. The Bertz CT molecular complexity index is 407. The first-order chi connectivity index (χ1) is 8.75. The topological polar surface area (TPSA) is 77.3 Å². The van der Waals surface area contributed by atoms with Crippen molar-refractivity contribution in [3.8, 4) is 0 Å².